The Morgan fingerprint density at radius 3 is 2.88 bits per heavy atom. The molecule has 5 nitrogen and oxygen atoms in total. The smallest absolute Gasteiger partial charge is 0.281 e. The largest absolute Gasteiger partial charge is 0.459 e. The molecule has 0 bridgehead atoms. The van der Waals surface area contributed by atoms with Crippen molar-refractivity contribution in [3.05, 3.63) is 72.9 Å². The fourth-order valence-corrected chi connectivity index (χ4v) is 3.55. The average Bonchev–Trinajstić information content (AvgIpc) is 3.33. The number of nitrogens with zero attached hydrogens (tertiary/aromatic N) is 3. The van der Waals surface area contributed by atoms with Crippen LogP contribution >= 0.6 is 11.3 Å². The summed E-state index contributed by atoms with van der Waals surface area (Å²) in [6, 6.07) is 15.8. The summed E-state index contributed by atoms with van der Waals surface area (Å²) in [6.45, 7) is 0.710. The fourth-order valence-electron chi connectivity index (χ4n) is 2.76. The molecule has 0 aliphatic carbocycles. The maximum absolute atomic E-state index is 5.95. The van der Waals surface area contributed by atoms with Crippen molar-refractivity contribution in [2.45, 2.75) is 6.54 Å². The Kier molecular flexibility index (Phi) is 3.28. The van der Waals surface area contributed by atoms with E-state index < -0.39 is 0 Å². The van der Waals surface area contributed by atoms with Crippen LogP contribution in [-0.2, 0) is 6.54 Å². The number of fused-ring (bicyclic) bond motifs is 2. The van der Waals surface area contributed by atoms with Gasteiger partial charge in [0.25, 0.3) is 5.19 Å². The first-order chi connectivity index (χ1) is 12.3. The third-order valence-corrected chi connectivity index (χ3v) is 4.79. The van der Waals surface area contributed by atoms with Crippen LogP contribution in [0.3, 0.4) is 0 Å². The van der Waals surface area contributed by atoms with Gasteiger partial charge in [0.05, 0.1) is 11.2 Å². The number of pyridine rings is 1. The number of hydrogen-bond donors (Lipinski definition) is 0. The first kappa shape index (κ1) is 14.2. The summed E-state index contributed by atoms with van der Waals surface area (Å²) < 4.78 is 14.9. The van der Waals surface area contributed by atoms with Crippen LogP contribution in [0.5, 0.6) is 10.9 Å². The quantitative estimate of drug-likeness (QED) is 0.455. The number of benzene rings is 1. The van der Waals surface area contributed by atoms with E-state index in [0.29, 0.717) is 23.1 Å². The van der Waals surface area contributed by atoms with Gasteiger partial charge in [0, 0.05) is 30.0 Å². The van der Waals surface area contributed by atoms with Crippen molar-refractivity contribution in [3.8, 4) is 10.9 Å². The molecule has 0 amide bonds. The lowest BCUT2D eigenvalue weighted by atomic mass is 10.2. The van der Waals surface area contributed by atoms with Crippen molar-refractivity contribution in [2.75, 3.05) is 0 Å². The van der Waals surface area contributed by atoms with E-state index >= 15 is 0 Å². The Labute approximate surface area is 147 Å². The standard InChI is InChI=1S/C19H13N3O2S/c1-2-9-22(8-1)12-15-10-13-5-6-14(11-16(13)23-15)24-19-21-18-17(25-19)4-3-7-20-18/h1-11H,12H2. The van der Waals surface area contributed by atoms with E-state index in [1.54, 1.807) is 6.20 Å². The third-order valence-electron chi connectivity index (χ3n) is 3.90. The Balaban J connectivity index is 1.43. The van der Waals surface area contributed by atoms with Gasteiger partial charge in [-0.2, -0.15) is 4.98 Å². The van der Waals surface area contributed by atoms with Crippen LogP contribution in [0.1, 0.15) is 5.76 Å². The van der Waals surface area contributed by atoms with E-state index in [2.05, 4.69) is 20.6 Å². The van der Waals surface area contributed by atoms with E-state index in [0.717, 1.165) is 21.4 Å². The Hall–Kier alpha value is -3.12. The maximum atomic E-state index is 5.95. The van der Waals surface area contributed by atoms with Crippen molar-refractivity contribution in [1.82, 2.24) is 14.5 Å². The van der Waals surface area contributed by atoms with Gasteiger partial charge >= 0.3 is 0 Å². The summed E-state index contributed by atoms with van der Waals surface area (Å²) in [6.07, 6.45) is 5.76. The van der Waals surface area contributed by atoms with Crippen molar-refractivity contribution >= 4 is 32.7 Å². The minimum absolute atomic E-state index is 0.576. The lowest BCUT2D eigenvalue weighted by Gasteiger charge is -2.00. The highest BCUT2D eigenvalue weighted by Gasteiger charge is 2.09. The molecule has 1 aromatic carbocycles. The Bertz CT molecular complexity index is 1130. The molecule has 0 saturated carbocycles. The van der Waals surface area contributed by atoms with E-state index in [1.807, 2.05) is 54.9 Å². The second-order valence-electron chi connectivity index (χ2n) is 5.67. The molecule has 4 heterocycles. The number of rotatable bonds is 4. The van der Waals surface area contributed by atoms with Crippen LogP contribution in [0.4, 0.5) is 0 Å². The highest BCUT2D eigenvalue weighted by atomic mass is 32.1. The van der Waals surface area contributed by atoms with Gasteiger partial charge in [0.15, 0.2) is 5.65 Å². The van der Waals surface area contributed by atoms with Crippen LogP contribution in [0, 0.1) is 0 Å². The third kappa shape index (κ3) is 2.77. The van der Waals surface area contributed by atoms with Crippen LogP contribution in [0.25, 0.3) is 21.3 Å². The minimum Gasteiger partial charge on any atom is -0.459 e. The molecule has 25 heavy (non-hydrogen) atoms. The van der Waals surface area contributed by atoms with Crippen LogP contribution in [0.2, 0.25) is 0 Å². The average molecular weight is 347 g/mol. The van der Waals surface area contributed by atoms with Crippen molar-refractivity contribution in [2.24, 2.45) is 0 Å². The first-order valence-corrected chi connectivity index (χ1v) is 8.68. The molecule has 0 spiro atoms. The molecule has 0 fully saturated rings. The Morgan fingerprint density at radius 1 is 1.08 bits per heavy atom. The maximum Gasteiger partial charge on any atom is 0.281 e. The molecule has 0 aliphatic rings. The molecule has 0 aliphatic heterocycles. The van der Waals surface area contributed by atoms with E-state index in [-0.39, 0.29) is 0 Å². The predicted octanol–water partition coefficient (Wildman–Crippen LogP) is 5.08. The molecule has 5 rings (SSSR count). The number of ether oxygens (including phenoxy) is 1. The second kappa shape index (κ2) is 5.75. The SMILES string of the molecule is c1cnc2nc(Oc3ccc4cc(Cn5cccc5)oc4c3)sc2c1. The molecular weight excluding hydrogens is 334 g/mol. The second-order valence-corrected chi connectivity index (χ2v) is 6.67. The molecule has 5 aromatic rings. The molecule has 122 valence electrons. The summed E-state index contributed by atoms with van der Waals surface area (Å²) >= 11 is 1.48. The van der Waals surface area contributed by atoms with E-state index in [1.165, 1.54) is 11.3 Å². The van der Waals surface area contributed by atoms with Gasteiger partial charge < -0.3 is 13.7 Å². The topological polar surface area (TPSA) is 53.1 Å². The molecule has 0 unspecified atom stereocenters. The lowest BCUT2D eigenvalue weighted by Crippen LogP contribution is -1.93. The predicted molar refractivity (Wildman–Crippen MR) is 97.2 cm³/mol. The zero-order valence-corrected chi connectivity index (χ0v) is 13.9. The summed E-state index contributed by atoms with van der Waals surface area (Å²) in [7, 11) is 0. The number of thiazole rings is 1. The normalized spacial score (nSPS) is 11.4. The van der Waals surface area contributed by atoms with Gasteiger partial charge in [-0.05, 0) is 42.5 Å². The zero-order chi connectivity index (χ0) is 16.6. The Morgan fingerprint density at radius 2 is 2.00 bits per heavy atom. The van der Waals surface area contributed by atoms with Crippen molar-refractivity contribution in [3.63, 3.8) is 0 Å². The summed E-state index contributed by atoms with van der Waals surface area (Å²) in [4.78, 5) is 8.63. The zero-order valence-electron chi connectivity index (χ0n) is 13.1. The first-order valence-electron chi connectivity index (χ1n) is 7.86. The van der Waals surface area contributed by atoms with Gasteiger partial charge in [-0.1, -0.05) is 11.3 Å². The summed E-state index contributed by atoms with van der Waals surface area (Å²) in [5, 5.41) is 1.63. The van der Waals surface area contributed by atoms with Gasteiger partial charge in [-0.25, -0.2) is 4.98 Å². The molecule has 6 heteroatoms. The number of aromatic nitrogens is 3. The summed E-state index contributed by atoms with van der Waals surface area (Å²) in [5.74, 6) is 1.61. The van der Waals surface area contributed by atoms with Gasteiger partial charge in [-0.15, -0.1) is 0 Å². The molecule has 0 radical (unpaired) electrons. The molecular formula is C19H13N3O2S. The molecule has 0 N–H and O–H groups in total. The highest BCUT2D eigenvalue weighted by Crippen LogP contribution is 2.32. The van der Waals surface area contributed by atoms with Crippen molar-refractivity contribution < 1.29 is 9.15 Å². The van der Waals surface area contributed by atoms with Gasteiger partial charge in [0.2, 0.25) is 0 Å². The lowest BCUT2D eigenvalue weighted by molar-refractivity contribution is 0.477. The van der Waals surface area contributed by atoms with Crippen LogP contribution in [0.15, 0.2) is 71.5 Å². The van der Waals surface area contributed by atoms with Crippen LogP contribution in [-0.4, -0.2) is 14.5 Å². The monoisotopic (exact) mass is 347 g/mol. The highest BCUT2D eigenvalue weighted by molar-refractivity contribution is 7.20. The van der Waals surface area contributed by atoms with E-state index in [4.69, 9.17) is 9.15 Å². The minimum atomic E-state index is 0.576. The molecule has 4 aromatic heterocycles. The number of hydrogen-bond acceptors (Lipinski definition) is 5. The number of furan rings is 1. The van der Waals surface area contributed by atoms with Crippen LogP contribution < -0.4 is 4.74 Å². The fraction of sp³-hybridized carbons (Fsp3) is 0.0526. The van der Waals surface area contributed by atoms with Gasteiger partial charge in [-0.3, -0.25) is 0 Å². The summed E-state index contributed by atoms with van der Waals surface area (Å²) in [5.41, 5.74) is 1.51. The van der Waals surface area contributed by atoms with Gasteiger partial charge in [0.1, 0.15) is 17.1 Å². The molecule has 0 saturated heterocycles. The van der Waals surface area contributed by atoms with Crippen molar-refractivity contribution in [1.29, 1.82) is 0 Å². The van der Waals surface area contributed by atoms with E-state index in [9.17, 15) is 0 Å². The molecule has 0 atom stereocenters.